The number of nitrogen functional groups attached to an aromatic ring is 1. The molecule has 0 aliphatic heterocycles. The van der Waals surface area contributed by atoms with Crippen molar-refractivity contribution in [3.63, 3.8) is 0 Å². The second-order valence-corrected chi connectivity index (χ2v) is 5.75. The monoisotopic (exact) mass is 264 g/mol. The molecule has 1 aromatic heterocycles. The quantitative estimate of drug-likeness (QED) is 0.873. The summed E-state index contributed by atoms with van der Waals surface area (Å²) in [6.45, 7) is 3.05. The molecule has 19 heavy (non-hydrogen) atoms. The minimum absolute atomic E-state index is 0.116. The van der Waals surface area contributed by atoms with Crippen LogP contribution in [0.2, 0.25) is 0 Å². The highest BCUT2D eigenvalue weighted by Crippen LogP contribution is 2.30. The highest BCUT2D eigenvalue weighted by molar-refractivity contribution is 5.98. The zero-order valence-electron chi connectivity index (χ0n) is 11.9. The largest absolute Gasteiger partial charge is 0.383 e. The van der Waals surface area contributed by atoms with E-state index in [1.165, 1.54) is 36.6 Å². The van der Waals surface area contributed by atoms with Crippen LogP contribution in [0.15, 0.2) is 6.20 Å². The van der Waals surface area contributed by atoms with E-state index in [9.17, 15) is 4.79 Å². The van der Waals surface area contributed by atoms with Crippen LogP contribution in [0, 0.1) is 11.8 Å². The van der Waals surface area contributed by atoms with Crippen LogP contribution in [0.4, 0.5) is 5.82 Å². The maximum absolute atomic E-state index is 11.9. The molecule has 1 aliphatic carbocycles. The van der Waals surface area contributed by atoms with Gasteiger partial charge >= 0.3 is 0 Å². The molecule has 1 saturated carbocycles. The number of carbonyl (C=O) groups excluding carboxylic acids is 1. The summed E-state index contributed by atoms with van der Waals surface area (Å²) in [7, 11) is 1.73. The van der Waals surface area contributed by atoms with Crippen LogP contribution in [0.5, 0.6) is 0 Å². The number of aryl methyl sites for hydroxylation is 1. The van der Waals surface area contributed by atoms with Crippen molar-refractivity contribution in [1.29, 1.82) is 0 Å². The molecule has 1 aliphatic rings. The number of rotatable bonds is 4. The Kier molecular flexibility index (Phi) is 4.45. The summed E-state index contributed by atoms with van der Waals surface area (Å²) < 4.78 is 1.51. The molecular weight excluding hydrogens is 240 g/mol. The van der Waals surface area contributed by atoms with Gasteiger partial charge in [0.15, 0.2) is 0 Å². The first-order chi connectivity index (χ1) is 9.08. The van der Waals surface area contributed by atoms with Gasteiger partial charge in [0.25, 0.3) is 5.91 Å². The van der Waals surface area contributed by atoms with E-state index in [1.54, 1.807) is 7.05 Å². The Morgan fingerprint density at radius 1 is 1.58 bits per heavy atom. The summed E-state index contributed by atoms with van der Waals surface area (Å²) in [5.41, 5.74) is 6.25. The van der Waals surface area contributed by atoms with Gasteiger partial charge in [-0.1, -0.05) is 26.2 Å². The van der Waals surface area contributed by atoms with Gasteiger partial charge in [-0.3, -0.25) is 9.48 Å². The lowest BCUT2D eigenvalue weighted by molar-refractivity contribution is 0.0950. The minimum Gasteiger partial charge on any atom is -0.383 e. The van der Waals surface area contributed by atoms with E-state index in [2.05, 4.69) is 17.3 Å². The van der Waals surface area contributed by atoms with E-state index in [0.717, 1.165) is 24.8 Å². The van der Waals surface area contributed by atoms with Gasteiger partial charge in [-0.05, 0) is 24.7 Å². The van der Waals surface area contributed by atoms with Crippen LogP contribution in [-0.4, -0.2) is 22.2 Å². The van der Waals surface area contributed by atoms with Gasteiger partial charge in [0.05, 0.1) is 6.20 Å². The molecule has 2 rings (SSSR count). The highest BCUT2D eigenvalue weighted by atomic mass is 16.1. The van der Waals surface area contributed by atoms with E-state index >= 15 is 0 Å². The van der Waals surface area contributed by atoms with Gasteiger partial charge < -0.3 is 11.1 Å². The number of anilines is 1. The second-order valence-electron chi connectivity index (χ2n) is 5.75. The smallest absolute Gasteiger partial charge is 0.256 e. The molecular formula is C14H24N4O. The number of nitrogens with one attached hydrogen (secondary N) is 1. The standard InChI is InChI=1S/C14H24N4O/c1-10-4-3-5-11(8-10)6-7-16-14(19)12-9-17-18(2)13(12)15/h9-11H,3-8,15H2,1-2H3,(H,16,19). The molecule has 1 amide bonds. The number of hydrogen-bond donors (Lipinski definition) is 2. The van der Waals surface area contributed by atoms with Crippen molar-refractivity contribution in [2.45, 2.75) is 39.0 Å². The van der Waals surface area contributed by atoms with Crippen LogP contribution in [0.25, 0.3) is 0 Å². The average Bonchev–Trinajstić information content (AvgIpc) is 2.70. The summed E-state index contributed by atoms with van der Waals surface area (Å²) in [5, 5.41) is 6.92. The maximum atomic E-state index is 11.9. The van der Waals surface area contributed by atoms with Gasteiger partial charge in [-0.2, -0.15) is 5.10 Å². The normalized spacial score (nSPS) is 23.3. The summed E-state index contributed by atoms with van der Waals surface area (Å²) in [5.74, 6) is 1.90. The lowest BCUT2D eigenvalue weighted by atomic mass is 9.81. The first-order valence-electron chi connectivity index (χ1n) is 7.13. The van der Waals surface area contributed by atoms with Gasteiger partial charge in [0, 0.05) is 13.6 Å². The molecule has 1 fully saturated rings. The highest BCUT2D eigenvalue weighted by Gasteiger charge is 2.19. The maximum Gasteiger partial charge on any atom is 0.256 e. The van der Waals surface area contributed by atoms with Crippen LogP contribution < -0.4 is 11.1 Å². The molecule has 2 atom stereocenters. The molecule has 0 spiro atoms. The van der Waals surface area contributed by atoms with Crippen molar-refractivity contribution in [2.24, 2.45) is 18.9 Å². The van der Waals surface area contributed by atoms with Crippen molar-refractivity contribution >= 4 is 11.7 Å². The fraction of sp³-hybridized carbons (Fsp3) is 0.714. The van der Waals surface area contributed by atoms with Gasteiger partial charge in [0.2, 0.25) is 0 Å². The van der Waals surface area contributed by atoms with Crippen molar-refractivity contribution < 1.29 is 4.79 Å². The third kappa shape index (κ3) is 3.49. The SMILES string of the molecule is CC1CCCC(CCNC(=O)c2cnn(C)c2N)C1. The number of nitrogens with two attached hydrogens (primary N) is 1. The Balaban J connectivity index is 1.76. The minimum atomic E-state index is -0.116. The molecule has 5 heteroatoms. The Labute approximate surface area is 114 Å². The molecule has 0 bridgehead atoms. The average molecular weight is 264 g/mol. The fourth-order valence-corrected chi connectivity index (χ4v) is 2.93. The lowest BCUT2D eigenvalue weighted by Crippen LogP contribution is -2.27. The van der Waals surface area contributed by atoms with Gasteiger partial charge in [-0.25, -0.2) is 0 Å². The molecule has 106 valence electrons. The predicted molar refractivity (Wildman–Crippen MR) is 75.7 cm³/mol. The molecule has 1 aromatic rings. The van der Waals surface area contributed by atoms with Crippen molar-refractivity contribution in [1.82, 2.24) is 15.1 Å². The predicted octanol–water partition coefficient (Wildman–Crippen LogP) is 1.95. The first-order valence-corrected chi connectivity index (χ1v) is 7.13. The van der Waals surface area contributed by atoms with Crippen molar-refractivity contribution in [3.8, 4) is 0 Å². The van der Waals surface area contributed by atoms with Gasteiger partial charge in [-0.15, -0.1) is 0 Å². The van der Waals surface area contributed by atoms with E-state index < -0.39 is 0 Å². The number of nitrogens with zero attached hydrogens (tertiary/aromatic N) is 2. The summed E-state index contributed by atoms with van der Waals surface area (Å²) in [6.07, 6.45) is 7.87. The summed E-state index contributed by atoms with van der Waals surface area (Å²) in [6, 6.07) is 0. The van der Waals surface area contributed by atoms with E-state index in [0.29, 0.717) is 11.4 Å². The van der Waals surface area contributed by atoms with Crippen LogP contribution in [0.3, 0.4) is 0 Å². The second kappa shape index (κ2) is 6.08. The molecule has 2 unspecified atom stereocenters. The Morgan fingerprint density at radius 2 is 2.37 bits per heavy atom. The van der Waals surface area contributed by atoms with E-state index in [1.807, 2.05) is 0 Å². The molecule has 5 nitrogen and oxygen atoms in total. The zero-order chi connectivity index (χ0) is 13.8. The number of hydrogen-bond acceptors (Lipinski definition) is 3. The van der Waals surface area contributed by atoms with Crippen molar-refractivity contribution in [3.05, 3.63) is 11.8 Å². The number of carbonyl (C=O) groups is 1. The van der Waals surface area contributed by atoms with Gasteiger partial charge in [0.1, 0.15) is 11.4 Å². The van der Waals surface area contributed by atoms with Crippen molar-refractivity contribution in [2.75, 3.05) is 12.3 Å². The zero-order valence-corrected chi connectivity index (χ0v) is 11.9. The summed E-state index contributed by atoms with van der Waals surface area (Å²) in [4.78, 5) is 11.9. The van der Waals surface area contributed by atoms with Crippen LogP contribution >= 0.6 is 0 Å². The molecule has 1 heterocycles. The molecule has 3 N–H and O–H groups in total. The Bertz CT molecular complexity index is 441. The third-order valence-electron chi connectivity index (χ3n) is 4.11. The Morgan fingerprint density at radius 3 is 3.00 bits per heavy atom. The number of aromatic nitrogens is 2. The van der Waals surface area contributed by atoms with Crippen LogP contribution in [-0.2, 0) is 7.05 Å². The summed E-state index contributed by atoms with van der Waals surface area (Å²) >= 11 is 0. The third-order valence-corrected chi connectivity index (χ3v) is 4.11. The topological polar surface area (TPSA) is 72.9 Å². The number of amides is 1. The first kappa shape index (κ1) is 13.9. The molecule has 0 aromatic carbocycles. The lowest BCUT2D eigenvalue weighted by Gasteiger charge is -2.26. The fourth-order valence-electron chi connectivity index (χ4n) is 2.93. The van der Waals surface area contributed by atoms with E-state index in [-0.39, 0.29) is 5.91 Å². The molecule has 0 saturated heterocycles. The van der Waals surface area contributed by atoms with E-state index in [4.69, 9.17) is 5.73 Å². The van der Waals surface area contributed by atoms with Crippen LogP contribution in [0.1, 0.15) is 49.4 Å². The molecule has 0 radical (unpaired) electrons. The Hall–Kier alpha value is -1.52.